The van der Waals surface area contributed by atoms with Crippen LogP contribution in [0.25, 0.3) is 0 Å². The van der Waals surface area contributed by atoms with Crippen LogP contribution in [0.5, 0.6) is 0 Å². The molecule has 1 aromatic carbocycles. The Morgan fingerprint density at radius 2 is 2.00 bits per heavy atom. The van der Waals surface area contributed by atoms with E-state index in [4.69, 9.17) is 0 Å². The molecule has 106 valence electrons. The lowest BCUT2D eigenvalue weighted by Gasteiger charge is -2.36. The molecule has 0 aromatic heterocycles. The summed E-state index contributed by atoms with van der Waals surface area (Å²) < 4.78 is 0. The molecule has 19 heavy (non-hydrogen) atoms. The Kier molecular flexibility index (Phi) is 5.37. The van der Waals surface area contributed by atoms with E-state index in [1.807, 2.05) is 7.05 Å². The zero-order chi connectivity index (χ0) is 13.7. The molecule has 2 unspecified atom stereocenters. The van der Waals surface area contributed by atoms with Crippen molar-refractivity contribution in [1.29, 1.82) is 0 Å². The molecule has 2 atom stereocenters. The SMILES string of the molecule is CNCC(c1ccccc1)N1CCCN(C)CC1C. The van der Waals surface area contributed by atoms with Gasteiger partial charge in [-0.05, 0) is 39.5 Å². The number of hydrogen-bond donors (Lipinski definition) is 1. The molecule has 1 aliphatic heterocycles. The highest BCUT2D eigenvalue weighted by atomic mass is 15.3. The minimum absolute atomic E-state index is 0.479. The Morgan fingerprint density at radius 1 is 1.26 bits per heavy atom. The van der Waals surface area contributed by atoms with Crippen molar-refractivity contribution >= 4 is 0 Å². The predicted molar refractivity (Wildman–Crippen MR) is 81.4 cm³/mol. The van der Waals surface area contributed by atoms with Crippen molar-refractivity contribution in [2.75, 3.05) is 40.3 Å². The van der Waals surface area contributed by atoms with Crippen LogP contribution in [0.1, 0.15) is 24.9 Å². The largest absolute Gasteiger partial charge is 0.318 e. The molecule has 0 bridgehead atoms. The molecule has 0 spiro atoms. The summed E-state index contributed by atoms with van der Waals surface area (Å²) >= 11 is 0. The Morgan fingerprint density at radius 3 is 2.68 bits per heavy atom. The van der Waals surface area contributed by atoms with Crippen LogP contribution in [-0.4, -0.2) is 56.1 Å². The van der Waals surface area contributed by atoms with Crippen LogP contribution in [-0.2, 0) is 0 Å². The molecular weight excluding hydrogens is 234 g/mol. The Labute approximate surface area is 117 Å². The van der Waals surface area contributed by atoms with E-state index in [0.29, 0.717) is 12.1 Å². The van der Waals surface area contributed by atoms with E-state index in [1.54, 1.807) is 0 Å². The lowest BCUT2D eigenvalue weighted by atomic mass is 10.0. The number of likely N-dealkylation sites (N-methyl/N-ethyl adjacent to an activating group) is 2. The fraction of sp³-hybridized carbons (Fsp3) is 0.625. The number of nitrogens with one attached hydrogen (secondary N) is 1. The van der Waals surface area contributed by atoms with Gasteiger partial charge in [0.05, 0.1) is 0 Å². The van der Waals surface area contributed by atoms with Crippen molar-refractivity contribution in [3.8, 4) is 0 Å². The van der Waals surface area contributed by atoms with Crippen LogP contribution in [0, 0.1) is 0 Å². The molecule has 3 nitrogen and oxygen atoms in total. The Hall–Kier alpha value is -0.900. The third-order valence-electron chi connectivity index (χ3n) is 4.08. The first-order chi connectivity index (χ1) is 9.22. The van der Waals surface area contributed by atoms with Crippen LogP contribution in [0.3, 0.4) is 0 Å². The van der Waals surface area contributed by atoms with Crippen LogP contribution in [0.2, 0.25) is 0 Å². The minimum atomic E-state index is 0.479. The van der Waals surface area contributed by atoms with Gasteiger partial charge >= 0.3 is 0 Å². The molecule has 1 fully saturated rings. The number of nitrogens with zero attached hydrogens (tertiary/aromatic N) is 2. The zero-order valence-corrected chi connectivity index (χ0v) is 12.5. The van der Waals surface area contributed by atoms with Gasteiger partial charge in [0.25, 0.3) is 0 Å². The second kappa shape index (κ2) is 7.04. The van der Waals surface area contributed by atoms with Gasteiger partial charge in [0, 0.05) is 31.7 Å². The molecule has 0 aliphatic carbocycles. The fourth-order valence-corrected chi connectivity index (χ4v) is 3.15. The summed E-state index contributed by atoms with van der Waals surface area (Å²) in [6.45, 7) is 6.92. The molecule has 1 aromatic rings. The highest BCUT2D eigenvalue weighted by molar-refractivity contribution is 5.19. The lowest BCUT2D eigenvalue weighted by Crippen LogP contribution is -2.43. The standard InChI is InChI=1S/C16H27N3/c1-14-13-18(3)10-7-11-19(14)16(12-17-2)15-8-5-4-6-9-15/h4-6,8-9,14,16-17H,7,10-13H2,1-3H3. The second-order valence-electron chi connectivity index (χ2n) is 5.69. The smallest absolute Gasteiger partial charge is 0.0475 e. The number of benzene rings is 1. The molecule has 1 heterocycles. The monoisotopic (exact) mass is 261 g/mol. The first-order valence-electron chi connectivity index (χ1n) is 7.36. The van der Waals surface area contributed by atoms with Gasteiger partial charge in [0.2, 0.25) is 0 Å². The Balaban J connectivity index is 2.18. The van der Waals surface area contributed by atoms with Crippen molar-refractivity contribution in [2.24, 2.45) is 0 Å². The Bertz CT molecular complexity index is 366. The highest BCUT2D eigenvalue weighted by Gasteiger charge is 2.26. The molecule has 1 aliphatic rings. The average molecular weight is 261 g/mol. The van der Waals surface area contributed by atoms with E-state index in [1.165, 1.54) is 25.1 Å². The van der Waals surface area contributed by atoms with Gasteiger partial charge < -0.3 is 10.2 Å². The third-order valence-corrected chi connectivity index (χ3v) is 4.08. The van der Waals surface area contributed by atoms with Crippen molar-refractivity contribution < 1.29 is 0 Å². The van der Waals surface area contributed by atoms with Crippen molar-refractivity contribution in [2.45, 2.75) is 25.4 Å². The third kappa shape index (κ3) is 3.78. The van der Waals surface area contributed by atoms with Crippen LogP contribution >= 0.6 is 0 Å². The van der Waals surface area contributed by atoms with Gasteiger partial charge in [0.1, 0.15) is 0 Å². The average Bonchev–Trinajstić information content (AvgIpc) is 2.58. The topological polar surface area (TPSA) is 18.5 Å². The molecule has 1 saturated heterocycles. The van der Waals surface area contributed by atoms with E-state index in [0.717, 1.165) is 13.1 Å². The van der Waals surface area contributed by atoms with Gasteiger partial charge in [-0.15, -0.1) is 0 Å². The first-order valence-corrected chi connectivity index (χ1v) is 7.36. The predicted octanol–water partition coefficient (Wildman–Crippen LogP) is 1.97. The van der Waals surface area contributed by atoms with Crippen molar-refractivity contribution in [3.63, 3.8) is 0 Å². The molecule has 0 amide bonds. The van der Waals surface area contributed by atoms with Gasteiger partial charge in [-0.25, -0.2) is 0 Å². The maximum atomic E-state index is 3.36. The van der Waals surface area contributed by atoms with Crippen LogP contribution in [0.4, 0.5) is 0 Å². The van der Waals surface area contributed by atoms with Crippen molar-refractivity contribution in [3.05, 3.63) is 35.9 Å². The summed E-state index contributed by atoms with van der Waals surface area (Å²) in [4.78, 5) is 5.11. The van der Waals surface area contributed by atoms with Crippen molar-refractivity contribution in [1.82, 2.24) is 15.1 Å². The molecule has 0 radical (unpaired) electrons. The van der Waals surface area contributed by atoms with Gasteiger partial charge in [0.15, 0.2) is 0 Å². The van der Waals surface area contributed by atoms with Crippen LogP contribution < -0.4 is 5.32 Å². The summed E-state index contributed by atoms with van der Waals surface area (Å²) in [6, 6.07) is 12.0. The number of rotatable bonds is 4. The first kappa shape index (κ1) is 14.5. The summed E-state index contributed by atoms with van der Waals surface area (Å²) in [5, 5.41) is 3.36. The highest BCUT2D eigenvalue weighted by Crippen LogP contribution is 2.24. The minimum Gasteiger partial charge on any atom is -0.318 e. The van der Waals surface area contributed by atoms with Crippen LogP contribution in [0.15, 0.2) is 30.3 Å². The lowest BCUT2D eigenvalue weighted by molar-refractivity contribution is 0.141. The van der Waals surface area contributed by atoms with Gasteiger partial charge in [-0.3, -0.25) is 4.90 Å². The maximum Gasteiger partial charge on any atom is 0.0475 e. The summed E-state index contributed by atoms with van der Waals surface area (Å²) in [5.74, 6) is 0. The fourth-order valence-electron chi connectivity index (χ4n) is 3.15. The van der Waals surface area contributed by atoms with Gasteiger partial charge in [-0.1, -0.05) is 30.3 Å². The summed E-state index contributed by atoms with van der Waals surface area (Å²) in [6.07, 6.45) is 1.26. The van der Waals surface area contributed by atoms with E-state index in [2.05, 4.69) is 59.4 Å². The van der Waals surface area contributed by atoms with E-state index < -0.39 is 0 Å². The van der Waals surface area contributed by atoms with E-state index >= 15 is 0 Å². The summed E-state index contributed by atoms with van der Waals surface area (Å²) in [5.41, 5.74) is 1.42. The summed E-state index contributed by atoms with van der Waals surface area (Å²) in [7, 11) is 4.28. The zero-order valence-electron chi connectivity index (χ0n) is 12.5. The van der Waals surface area contributed by atoms with E-state index in [9.17, 15) is 0 Å². The van der Waals surface area contributed by atoms with E-state index in [-0.39, 0.29) is 0 Å². The van der Waals surface area contributed by atoms with Gasteiger partial charge in [-0.2, -0.15) is 0 Å². The second-order valence-corrected chi connectivity index (χ2v) is 5.69. The number of hydrogen-bond acceptors (Lipinski definition) is 3. The molecule has 1 N–H and O–H groups in total. The quantitative estimate of drug-likeness (QED) is 0.894. The molecule has 2 rings (SSSR count). The maximum absolute atomic E-state index is 3.36. The normalized spacial score (nSPS) is 24.1. The molecule has 3 heteroatoms. The molecular formula is C16H27N3. The molecule has 0 saturated carbocycles.